The normalized spacial score (nSPS) is 12.6. The molecule has 2 aromatic heterocycles. The number of rotatable bonds is 3. The van der Waals surface area contributed by atoms with Crippen LogP contribution in [0.1, 0.15) is 30.0 Å². The molecule has 4 nitrogen and oxygen atoms in total. The first-order chi connectivity index (χ1) is 10.1. The van der Waals surface area contributed by atoms with Crippen molar-refractivity contribution in [1.82, 2.24) is 10.2 Å². The average molecular weight is 302 g/mol. The second kappa shape index (κ2) is 5.37. The standard InChI is InChI=1S/C16H16ClN3O/c1-9-8-14(11(3)21-9)10(2)18-16-13-7-5-4-6-12(13)15(17)19-20-16/h4-8,10H,1-3H3,(H,18,20). The van der Waals surface area contributed by atoms with E-state index >= 15 is 0 Å². The van der Waals surface area contributed by atoms with Gasteiger partial charge in [0.15, 0.2) is 11.0 Å². The Balaban J connectivity index is 1.99. The molecule has 0 saturated carbocycles. The lowest BCUT2D eigenvalue weighted by atomic mass is 10.1. The Morgan fingerprint density at radius 1 is 1.14 bits per heavy atom. The van der Waals surface area contributed by atoms with Crippen LogP contribution in [0.25, 0.3) is 10.8 Å². The zero-order valence-electron chi connectivity index (χ0n) is 12.1. The van der Waals surface area contributed by atoms with E-state index in [1.807, 2.05) is 44.2 Å². The van der Waals surface area contributed by atoms with Gasteiger partial charge in [0.25, 0.3) is 0 Å². The first-order valence-electron chi connectivity index (χ1n) is 6.80. The first-order valence-corrected chi connectivity index (χ1v) is 7.18. The number of aryl methyl sites for hydroxylation is 2. The molecule has 3 rings (SSSR count). The molecule has 5 heteroatoms. The molecule has 1 atom stereocenters. The summed E-state index contributed by atoms with van der Waals surface area (Å²) in [6.07, 6.45) is 0. The van der Waals surface area contributed by atoms with Crippen molar-refractivity contribution in [2.45, 2.75) is 26.8 Å². The van der Waals surface area contributed by atoms with Crippen LogP contribution < -0.4 is 5.32 Å². The molecule has 0 saturated heterocycles. The van der Waals surface area contributed by atoms with Gasteiger partial charge in [-0.2, -0.15) is 0 Å². The lowest BCUT2D eigenvalue weighted by molar-refractivity contribution is 0.499. The van der Waals surface area contributed by atoms with Gasteiger partial charge in [0.1, 0.15) is 11.5 Å². The molecule has 1 aromatic carbocycles. The molecule has 0 spiro atoms. The Morgan fingerprint density at radius 2 is 1.86 bits per heavy atom. The van der Waals surface area contributed by atoms with Crippen LogP contribution in [0, 0.1) is 13.8 Å². The van der Waals surface area contributed by atoms with E-state index in [-0.39, 0.29) is 6.04 Å². The van der Waals surface area contributed by atoms with Gasteiger partial charge in [-0.1, -0.05) is 35.9 Å². The van der Waals surface area contributed by atoms with Gasteiger partial charge in [0.05, 0.1) is 6.04 Å². The number of anilines is 1. The summed E-state index contributed by atoms with van der Waals surface area (Å²) in [5.41, 5.74) is 1.12. The molecule has 0 radical (unpaired) electrons. The Kier molecular flexibility index (Phi) is 3.55. The quantitative estimate of drug-likeness (QED) is 0.764. The molecule has 108 valence electrons. The van der Waals surface area contributed by atoms with Crippen molar-refractivity contribution >= 4 is 28.2 Å². The van der Waals surface area contributed by atoms with Gasteiger partial charge in [0.2, 0.25) is 0 Å². The third kappa shape index (κ3) is 2.59. The van der Waals surface area contributed by atoms with E-state index in [1.165, 1.54) is 0 Å². The number of halogens is 1. The zero-order valence-corrected chi connectivity index (χ0v) is 12.9. The third-order valence-corrected chi connectivity index (χ3v) is 3.82. The van der Waals surface area contributed by atoms with Crippen LogP contribution in [0.4, 0.5) is 5.82 Å². The van der Waals surface area contributed by atoms with Crippen molar-refractivity contribution in [3.05, 3.63) is 52.6 Å². The largest absolute Gasteiger partial charge is 0.466 e. The topological polar surface area (TPSA) is 51.0 Å². The van der Waals surface area contributed by atoms with Gasteiger partial charge in [-0.05, 0) is 26.8 Å². The molecular formula is C16H16ClN3O. The van der Waals surface area contributed by atoms with Gasteiger partial charge in [-0.15, -0.1) is 10.2 Å². The summed E-state index contributed by atoms with van der Waals surface area (Å²) in [6, 6.07) is 9.93. The summed E-state index contributed by atoms with van der Waals surface area (Å²) in [7, 11) is 0. The number of nitrogens with one attached hydrogen (secondary N) is 1. The maximum atomic E-state index is 6.09. The summed E-state index contributed by atoms with van der Waals surface area (Å²) in [6.45, 7) is 5.98. The monoisotopic (exact) mass is 301 g/mol. The summed E-state index contributed by atoms with van der Waals surface area (Å²) >= 11 is 6.09. The molecule has 0 aliphatic heterocycles. The third-order valence-electron chi connectivity index (χ3n) is 3.54. The molecule has 1 unspecified atom stereocenters. The van der Waals surface area contributed by atoms with Gasteiger partial charge in [-0.3, -0.25) is 0 Å². The van der Waals surface area contributed by atoms with Crippen molar-refractivity contribution < 1.29 is 4.42 Å². The molecule has 0 aliphatic rings. The van der Waals surface area contributed by atoms with Gasteiger partial charge < -0.3 is 9.73 Å². The second-order valence-corrected chi connectivity index (χ2v) is 5.48. The Labute approximate surface area is 128 Å². The van der Waals surface area contributed by atoms with E-state index in [0.717, 1.165) is 33.7 Å². The summed E-state index contributed by atoms with van der Waals surface area (Å²) in [4.78, 5) is 0. The number of benzene rings is 1. The lowest BCUT2D eigenvalue weighted by Gasteiger charge is -2.15. The van der Waals surface area contributed by atoms with Crippen molar-refractivity contribution in [3.8, 4) is 0 Å². The van der Waals surface area contributed by atoms with Crippen LogP contribution >= 0.6 is 11.6 Å². The number of hydrogen-bond donors (Lipinski definition) is 1. The van der Waals surface area contributed by atoms with Crippen LogP contribution in [-0.2, 0) is 0 Å². The first kappa shape index (κ1) is 13.9. The van der Waals surface area contributed by atoms with Crippen LogP contribution in [0.2, 0.25) is 5.15 Å². The highest BCUT2D eigenvalue weighted by Crippen LogP contribution is 2.29. The lowest BCUT2D eigenvalue weighted by Crippen LogP contribution is -2.09. The van der Waals surface area contributed by atoms with E-state index in [0.29, 0.717) is 5.15 Å². The fraction of sp³-hybridized carbons (Fsp3) is 0.250. The van der Waals surface area contributed by atoms with Crippen molar-refractivity contribution in [1.29, 1.82) is 0 Å². The van der Waals surface area contributed by atoms with Crippen LogP contribution in [-0.4, -0.2) is 10.2 Å². The fourth-order valence-corrected chi connectivity index (χ4v) is 2.74. The van der Waals surface area contributed by atoms with E-state index in [1.54, 1.807) is 0 Å². The Hall–Kier alpha value is -2.07. The molecule has 21 heavy (non-hydrogen) atoms. The molecule has 0 aliphatic carbocycles. The summed E-state index contributed by atoms with van der Waals surface area (Å²) in [5, 5.41) is 13.9. The maximum Gasteiger partial charge on any atom is 0.159 e. The molecule has 2 heterocycles. The van der Waals surface area contributed by atoms with E-state index < -0.39 is 0 Å². The summed E-state index contributed by atoms with van der Waals surface area (Å²) in [5.74, 6) is 2.54. The van der Waals surface area contributed by atoms with E-state index in [2.05, 4.69) is 22.4 Å². The fourth-order valence-electron chi connectivity index (χ4n) is 2.54. The molecule has 3 aromatic rings. The van der Waals surface area contributed by atoms with Gasteiger partial charge in [-0.25, -0.2) is 0 Å². The minimum atomic E-state index is 0.0707. The van der Waals surface area contributed by atoms with Gasteiger partial charge in [0, 0.05) is 16.3 Å². The SMILES string of the molecule is Cc1cc(C(C)Nc2nnc(Cl)c3ccccc23)c(C)o1. The van der Waals surface area contributed by atoms with Crippen LogP contribution in [0.5, 0.6) is 0 Å². The Morgan fingerprint density at radius 3 is 2.52 bits per heavy atom. The van der Waals surface area contributed by atoms with Gasteiger partial charge >= 0.3 is 0 Å². The minimum Gasteiger partial charge on any atom is -0.466 e. The second-order valence-electron chi connectivity index (χ2n) is 5.12. The van der Waals surface area contributed by atoms with Crippen molar-refractivity contribution in [2.75, 3.05) is 5.32 Å². The number of fused-ring (bicyclic) bond motifs is 1. The predicted molar refractivity (Wildman–Crippen MR) is 84.8 cm³/mol. The van der Waals surface area contributed by atoms with Crippen molar-refractivity contribution in [3.63, 3.8) is 0 Å². The van der Waals surface area contributed by atoms with Crippen LogP contribution in [0.15, 0.2) is 34.7 Å². The van der Waals surface area contributed by atoms with E-state index in [4.69, 9.17) is 16.0 Å². The predicted octanol–water partition coefficient (Wildman–Crippen LogP) is 4.67. The molecular weight excluding hydrogens is 286 g/mol. The molecule has 0 amide bonds. The average Bonchev–Trinajstić information content (AvgIpc) is 2.81. The molecule has 0 bridgehead atoms. The zero-order chi connectivity index (χ0) is 15.0. The highest BCUT2D eigenvalue weighted by molar-refractivity contribution is 6.34. The number of aromatic nitrogens is 2. The number of furan rings is 1. The van der Waals surface area contributed by atoms with E-state index in [9.17, 15) is 0 Å². The number of nitrogens with zero attached hydrogens (tertiary/aromatic N) is 2. The van der Waals surface area contributed by atoms with Crippen LogP contribution in [0.3, 0.4) is 0 Å². The number of hydrogen-bond acceptors (Lipinski definition) is 4. The van der Waals surface area contributed by atoms with Crippen molar-refractivity contribution in [2.24, 2.45) is 0 Å². The molecule has 1 N–H and O–H groups in total. The minimum absolute atomic E-state index is 0.0707. The smallest absolute Gasteiger partial charge is 0.159 e. The summed E-state index contributed by atoms with van der Waals surface area (Å²) < 4.78 is 5.58. The Bertz CT molecular complexity index is 797. The molecule has 0 fully saturated rings. The highest BCUT2D eigenvalue weighted by atomic mass is 35.5. The maximum absolute atomic E-state index is 6.09. The highest BCUT2D eigenvalue weighted by Gasteiger charge is 2.15.